The molecule has 2 aliphatic rings. The Hall–Kier alpha value is -4.12. The van der Waals surface area contributed by atoms with Crippen molar-refractivity contribution in [2.45, 2.75) is 64.2 Å². The molecule has 1 saturated carbocycles. The van der Waals surface area contributed by atoms with E-state index in [1.54, 1.807) is 10.6 Å². The largest absolute Gasteiger partial charge is 0.505 e. The van der Waals surface area contributed by atoms with Crippen molar-refractivity contribution in [3.05, 3.63) is 64.7 Å². The van der Waals surface area contributed by atoms with Crippen LogP contribution in [0.1, 0.15) is 78.7 Å². The molecule has 3 N–H and O–H groups in total. The first-order valence-electron chi connectivity index (χ1n) is 14.0. The summed E-state index contributed by atoms with van der Waals surface area (Å²) in [6.45, 7) is 9.00. The number of aromatic hydroxyl groups is 2. The molecule has 0 spiro atoms. The molecule has 4 aromatic rings. The highest BCUT2D eigenvalue weighted by Gasteiger charge is 2.33. The molecule has 2 aromatic heterocycles. The summed E-state index contributed by atoms with van der Waals surface area (Å²) >= 11 is 0. The van der Waals surface area contributed by atoms with Crippen LogP contribution in [0.5, 0.6) is 11.6 Å². The number of phenols is 1. The van der Waals surface area contributed by atoms with Crippen LogP contribution in [0.3, 0.4) is 0 Å². The highest BCUT2D eigenvalue weighted by atomic mass is 16.3. The fraction of sp³-hybridized carbons (Fsp3) is 0.448. The number of phenolic OH excluding ortho intramolecular Hbond substituents is 1. The van der Waals surface area contributed by atoms with Crippen LogP contribution in [0.15, 0.2) is 46.6 Å². The zero-order valence-corrected chi connectivity index (χ0v) is 23.1. The first-order chi connectivity index (χ1) is 19.4. The number of hydrogen-bond donors (Lipinski definition) is 3. The molecule has 0 radical (unpaired) electrons. The minimum atomic E-state index is -0.0529. The van der Waals surface area contributed by atoms with E-state index in [2.05, 4.69) is 62.6 Å². The molecule has 0 amide bonds. The number of aryl methyl sites for hydroxylation is 2. The van der Waals surface area contributed by atoms with Crippen molar-refractivity contribution >= 4 is 11.5 Å². The first-order valence-corrected chi connectivity index (χ1v) is 14.0. The normalized spacial score (nSPS) is 20.3. The van der Waals surface area contributed by atoms with Crippen LogP contribution in [0.4, 0.5) is 11.5 Å². The summed E-state index contributed by atoms with van der Waals surface area (Å²) in [5.41, 5.74) is 4.35. The summed E-state index contributed by atoms with van der Waals surface area (Å²) in [5.74, 6) is 2.22. The van der Waals surface area contributed by atoms with Gasteiger partial charge in [0.05, 0.1) is 5.69 Å². The third-order valence-electron chi connectivity index (χ3n) is 8.52. The molecule has 11 nitrogen and oxygen atoms in total. The summed E-state index contributed by atoms with van der Waals surface area (Å²) in [4.78, 5) is 7.08. The van der Waals surface area contributed by atoms with E-state index < -0.39 is 0 Å². The van der Waals surface area contributed by atoms with Crippen molar-refractivity contribution in [2.24, 2.45) is 10.2 Å². The number of rotatable bonds is 7. The fourth-order valence-corrected chi connectivity index (χ4v) is 5.98. The lowest BCUT2D eigenvalue weighted by Crippen LogP contribution is -2.45. The van der Waals surface area contributed by atoms with Crippen molar-refractivity contribution in [3.63, 3.8) is 0 Å². The highest BCUT2D eigenvalue weighted by Crippen LogP contribution is 2.45. The molecule has 1 aliphatic carbocycles. The standard InChI is InChI=1S/C29H35N9O2/c1-4-37-15-21(16-37)28-30-27(29(40)38(28)22-12-11-17(2)18(3)13-22)32-31-24-10-6-9-23(25(24)39)19-7-5-8-20(14-19)26-33-35-36-34-26/h6,9-13,19-21,39-40H,4-5,7-8,14-16H2,1-3H3,(H,33,34,35,36). The van der Waals surface area contributed by atoms with Gasteiger partial charge in [-0.3, -0.25) is 4.57 Å². The quantitative estimate of drug-likeness (QED) is 0.255. The van der Waals surface area contributed by atoms with Crippen LogP contribution in [-0.2, 0) is 0 Å². The third-order valence-corrected chi connectivity index (χ3v) is 8.52. The number of tetrazole rings is 1. The van der Waals surface area contributed by atoms with Gasteiger partial charge in [0, 0.05) is 24.9 Å². The second kappa shape index (κ2) is 10.8. The fourth-order valence-electron chi connectivity index (χ4n) is 5.98. The highest BCUT2D eigenvalue weighted by molar-refractivity contribution is 5.57. The molecule has 3 heterocycles. The number of H-pyrrole nitrogens is 1. The summed E-state index contributed by atoms with van der Waals surface area (Å²) in [5, 5.41) is 45.8. The third kappa shape index (κ3) is 4.85. The van der Waals surface area contributed by atoms with Gasteiger partial charge >= 0.3 is 0 Å². The van der Waals surface area contributed by atoms with Gasteiger partial charge in [0.25, 0.3) is 0 Å². The average molecular weight is 542 g/mol. The van der Waals surface area contributed by atoms with Gasteiger partial charge in [0.1, 0.15) is 17.3 Å². The Bertz CT molecular complexity index is 1520. The number of likely N-dealkylation sites (tertiary alicyclic amines) is 1. The van der Waals surface area contributed by atoms with Gasteiger partial charge in [-0.1, -0.05) is 36.8 Å². The Morgan fingerprint density at radius 2 is 1.82 bits per heavy atom. The van der Waals surface area contributed by atoms with Gasteiger partial charge in [-0.25, -0.2) is 4.98 Å². The predicted molar refractivity (Wildman–Crippen MR) is 150 cm³/mol. The molecule has 40 heavy (non-hydrogen) atoms. The van der Waals surface area contributed by atoms with Crippen LogP contribution >= 0.6 is 0 Å². The Morgan fingerprint density at radius 1 is 1.00 bits per heavy atom. The van der Waals surface area contributed by atoms with Crippen LogP contribution < -0.4 is 0 Å². The summed E-state index contributed by atoms with van der Waals surface area (Å²) in [6.07, 6.45) is 3.80. The van der Waals surface area contributed by atoms with E-state index in [9.17, 15) is 10.2 Å². The lowest BCUT2D eigenvalue weighted by Gasteiger charge is -2.38. The number of hydrogen-bond acceptors (Lipinski definition) is 9. The van der Waals surface area contributed by atoms with Crippen LogP contribution in [0.2, 0.25) is 0 Å². The van der Waals surface area contributed by atoms with Gasteiger partial charge in [-0.2, -0.15) is 5.21 Å². The molecule has 1 saturated heterocycles. The number of benzene rings is 2. The summed E-state index contributed by atoms with van der Waals surface area (Å²) in [6, 6.07) is 11.6. The van der Waals surface area contributed by atoms with E-state index in [1.807, 2.05) is 24.3 Å². The lowest BCUT2D eigenvalue weighted by atomic mass is 9.77. The van der Waals surface area contributed by atoms with Crippen LogP contribution in [0, 0.1) is 13.8 Å². The molecule has 2 unspecified atom stereocenters. The molecular formula is C29H35N9O2. The number of imidazole rings is 1. The molecule has 11 heteroatoms. The molecule has 1 aliphatic heterocycles. The second-order valence-electron chi connectivity index (χ2n) is 11.0. The Kier molecular flexibility index (Phi) is 7.05. The topological polar surface area (TPSA) is 141 Å². The average Bonchev–Trinajstić information content (AvgIpc) is 3.58. The van der Waals surface area contributed by atoms with E-state index in [-0.39, 0.29) is 35.2 Å². The Morgan fingerprint density at radius 3 is 2.58 bits per heavy atom. The van der Waals surface area contributed by atoms with Gasteiger partial charge < -0.3 is 15.1 Å². The Balaban J connectivity index is 1.30. The summed E-state index contributed by atoms with van der Waals surface area (Å²) in [7, 11) is 0. The molecular weight excluding hydrogens is 506 g/mol. The second-order valence-corrected chi connectivity index (χ2v) is 11.0. The van der Waals surface area contributed by atoms with Crippen molar-refractivity contribution < 1.29 is 10.2 Å². The zero-order chi connectivity index (χ0) is 27.8. The number of nitrogens with one attached hydrogen (secondary N) is 1. The number of azo groups is 1. The van der Waals surface area contributed by atoms with Crippen LogP contribution in [0.25, 0.3) is 5.69 Å². The monoisotopic (exact) mass is 541 g/mol. The van der Waals surface area contributed by atoms with Crippen LogP contribution in [-0.4, -0.2) is 64.9 Å². The van der Waals surface area contributed by atoms with Crippen molar-refractivity contribution in [1.29, 1.82) is 0 Å². The molecule has 2 aromatic carbocycles. The van der Waals surface area contributed by atoms with Gasteiger partial charge in [0.2, 0.25) is 11.7 Å². The predicted octanol–water partition coefficient (Wildman–Crippen LogP) is 5.69. The number of aromatic nitrogens is 6. The number of nitrogens with zero attached hydrogens (tertiary/aromatic N) is 8. The maximum absolute atomic E-state index is 11.3. The van der Waals surface area contributed by atoms with Crippen molar-refractivity contribution in [1.82, 2.24) is 35.1 Å². The van der Waals surface area contributed by atoms with Crippen molar-refractivity contribution in [2.75, 3.05) is 19.6 Å². The number of aromatic amines is 1. The summed E-state index contributed by atoms with van der Waals surface area (Å²) < 4.78 is 1.79. The van der Waals surface area contributed by atoms with E-state index in [0.29, 0.717) is 5.69 Å². The number of likely N-dealkylation sites (N-methyl/N-ethyl adjacent to an activating group) is 1. The van der Waals surface area contributed by atoms with E-state index >= 15 is 0 Å². The van der Waals surface area contributed by atoms with Gasteiger partial charge in [-0.15, -0.1) is 20.4 Å². The molecule has 2 fully saturated rings. The minimum Gasteiger partial charge on any atom is -0.505 e. The Labute approximate surface area is 233 Å². The molecule has 2 atom stereocenters. The maximum atomic E-state index is 11.3. The smallest absolute Gasteiger partial charge is 0.245 e. The molecule has 0 bridgehead atoms. The molecule has 6 rings (SSSR count). The lowest BCUT2D eigenvalue weighted by molar-refractivity contribution is 0.150. The van der Waals surface area contributed by atoms with E-state index in [1.165, 1.54) is 5.56 Å². The van der Waals surface area contributed by atoms with Gasteiger partial charge in [0.15, 0.2) is 5.82 Å². The first kappa shape index (κ1) is 26.1. The van der Waals surface area contributed by atoms with Gasteiger partial charge in [-0.05, 0) is 80.5 Å². The maximum Gasteiger partial charge on any atom is 0.245 e. The van der Waals surface area contributed by atoms with Crippen molar-refractivity contribution in [3.8, 4) is 17.3 Å². The SMILES string of the molecule is CCN1CC(c2nc(N=Nc3cccc(C4CCCC(c5nn[nH]n5)C4)c3O)c(O)n2-c2ccc(C)c(C)c2)C1. The van der Waals surface area contributed by atoms with E-state index in [0.717, 1.165) is 73.8 Å². The minimum absolute atomic E-state index is 0.0529. The number of para-hydroxylation sites is 1. The molecule has 208 valence electrons. The zero-order valence-electron chi connectivity index (χ0n) is 23.1. The van der Waals surface area contributed by atoms with E-state index in [4.69, 9.17) is 4.98 Å².